The average Bonchev–Trinajstić information content (AvgIpc) is 2.62. The standard InChI is InChI=1S/C20H23NO5/c1-2-6-16(23)18-19(26-11-15-7-4-3-5-8-15)17(24)9-10-21(18)20(12-22)13-25-14-20/h3-5,7-10,22H,2,6,11-14H2,1H3. The van der Waals surface area contributed by atoms with Gasteiger partial charge in [-0.2, -0.15) is 0 Å². The number of aliphatic hydroxyl groups is 1. The van der Waals surface area contributed by atoms with E-state index in [1.165, 1.54) is 6.07 Å². The third-order valence-electron chi connectivity index (χ3n) is 4.57. The number of ether oxygens (including phenoxy) is 2. The molecule has 2 aromatic rings. The van der Waals surface area contributed by atoms with Gasteiger partial charge in [0.05, 0.1) is 19.8 Å². The molecule has 6 nitrogen and oxygen atoms in total. The van der Waals surface area contributed by atoms with Crippen LogP contribution < -0.4 is 10.2 Å². The smallest absolute Gasteiger partial charge is 0.224 e. The van der Waals surface area contributed by atoms with Crippen LogP contribution >= 0.6 is 0 Å². The van der Waals surface area contributed by atoms with Crippen molar-refractivity contribution in [3.05, 3.63) is 64.1 Å². The summed E-state index contributed by atoms with van der Waals surface area (Å²) in [4.78, 5) is 25.2. The first-order valence-corrected chi connectivity index (χ1v) is 8.76. The molecule has 1 fully saturated rings. The first-order valence-electron chi connectivity index (χ1n) is 8.76. The van der Waals surface area contributed by atoms with Gasteiger partial charge < -0.3 is 19.1 Å². The van der Waals surface area contributed by atoms with Crippen molar-refractivity contribution in [2.45, 2.75) is 31.9 Å². The molecule has 1 saturated heterocycles. The number of aliphatic hydroxyl groups excluding tert-OH is 1. The lowest BCUT2D eigenvalue weighted by Gasteiger charge is -2.43. The summed E-state index contributed by atoms with van der Waals surface area (Å²) in [6.07, 6.45) is 2.51. The lowest BCUT2D eigenvalue weighted by atomic mass is 9.96. The molecule has 26 heavy (non-hydrogen) atoms. The Kier molecular flexibility index (Phi) is 5.54. The fraction of sp³-hybridized carbons (Fsp3) is 0.400. The van der Waals surface area contributed by atoms with Gasteiger partial charge in [0.2, 0.25) is 5.43 Å². The number of aromatic nitrogens is 1. The zero-order valence-corrected chi connectivity index (χ0v) is 14.8. The van der Waals surface area contributed by atoms with Gasteiger partial charge in [0, 0.05) is 18.7 Å². The van der Waals surface area contributed by atoms with Gasteiger partial charge in [-0.1, -0.05) is 37.3 Å². The Labute approximate surface area is 152 Å². The normalized spacial score (nSPS) is 15.3. The van der Waals surface area contributed by atoms with Crippen molar-refractivity contribution in [1.29, 1.82) is 0 Å². The van der Waals surface area contributed by atoms with Crippen LogP contribution in [-0.2, 0) is 16.9 Å². The van der Waals surface area contributed by atoms with Crippen LogP contribution in [0.3, 0.4) is 0 Å². The Morgan fingerprint density at radius 1 is 1.27 bits per heavy atom. The molecule has 0 unspecified atom stereocenters. The Hall–Kier alpha value is -2.44. The van der Waals surface area contributed by atoms with Gasteiger partial charge in [-0.15, -0.1) is 0 Å². The molecular formula is C20H23NO5. The Balaban J connectivity index is 2.03. The van der Waals surface area contributed by atoms with Crippen LogP contribution in [0.5, 0.6) is 5.75 Å². The van der Waals surface area contributed by atoms with E-state index < -0.39 is 5.54 Å². The number of ketones is 1. The molecule has 0 spiro atoms. The first-order chi connectivity index (χ1) is 12.6. The summed E-state index contributed by atoms with van der Waals surface area (Å²) >= 11 is 0. The SMILES string of the molecule is CCCC(=O)c1c(OCc2ccccc2)c(=O)ccn1C1(CO)COC1. The maximum absolute atomic E-state index is 12.8. The molecule has 0 aliphatic carbocycles. The number of hydrogen-bond acceptors (Lipinski definition) is 5. The fourth-order valence-corrected chi connectivity index (χ4v) is 3.03. The highest BCUT2D eigenvalue weighted by Gasteiger charge is 2.42. The molecule has 138 valence electrons. The zero-order chi connectivity index (χ0) is 18.6. The van der Waals surface area contributed by atoms with E-state index in [2.05, 4.69) is 0 Å². The number of nitrogens with zero attached hydrogens (tertiary/aromatic N) is 1. The summed E-state index contributed by atoms with van der Waals surface area (Å²) in [6, 6.07) is 10.8. The lowest BCUT2D eigenvalue weighted by Crippen LogP contribution is -2.55. The van der Waals surface area contributed by atoms with Gasteiger partial charge in [-0.25, -0.2) is 0 Å². The predicted molar refractivity (Wildman–Crippen MR) is 96.6 cm³/mol. The van der Waals surface area contributed by atoms with Gasteiger partial charge in [-0.3, -0.25) is 9.59 Å². The Bertz CT molecular complexity index is 818. The maximum atomic E-state index is 12.8. The van der Waals surface area contributed by atoms with Gasteiger partial charge in [0.25, 0.3) is 0 Å². The topological polar surface area (TPSA) is 77.8 Å². The largest absolute Gasteiger partial charge is 0.483 e. The van der Waals surface area contributed by atoms with Crippen molar-refractivity contribution in [2.75, 3.05) is 19.8 Å². The maximum Gasteiger partial charge on any atom is 0.224 e. The lowest BCUT2D eigenvalue weighted by molar-refractivity contribution is -0.125. The molecule has 0 atom stereocenters. The summed E-state index contributed by atoms with van der Waals surface area (Å²) in [5.74, 6) is -0.137. The minimum atomic E-state index is -0.725. The number of rotatable bonds is 8. The summed E-state index contributed by atoms with van der Waals surface area (Å²) in [5, 5.41) is 9.86. The second-order valence-electron chi connectivity index (χ2n) is 6.55. The van der Waals surface area contributed by atoms with E-state index in [-0.39, 0.29) is 49.1 Å². The summed E-state index contributed by atoms with van der Waals surface area (Å²) in [6.45, 7) is 2.49. The second kappa shape index (κ2) is 7.85. The fourth-order valence-electron chi connectivity index (χ4n) is 3.03. The molecule has 1 aromatic carbocycles. The first kappa shape index (κ1) is 18.4. The van der Waals surface area contributed by atoms with Gasteiger partial charge in [0.1, 0.15) is 17.8 Å². The number of pyridine rings is 1. The van der Waals surface area contributed by atoms with Crippen molar-refractivity contribution < 1.29 is 19.4 Å². The predicted octanol–water partition coefficient (Wildman–Crippen LogP) is 2.13. The Morgan fingerprint density at radius 3 is 2.58 bits per heavy atom. The quantitative estimate of drug-likeness (QED) is 0.733. The number of benzene rings is 1. The average molecular weight is 357 g/mol. The number of carbonyl (C=O) groups excluding carboxylic acids is 1. The van der Waals surface area contributed by atoms with Crippen LogP contribution in [0.15, 0.2) is 47.4 Å². The van der Waals surface area contributed by atoms with E-state index >= 15 is 0 Å². The van der Waals surface area contributed by atoms with Crippen LogP contribution in [0.25, 0.3) is 0 Å². The molecule has 1 N–H and O–H groups in total. The molecule has 0 radical (unpaired) electrons. The summed E-state index contributed by atoms with van der Waals surface area (Å²) in [5.41, 5.74) is 0.0507. The summed E-state index contributed by atoms with van der Waals surface area (Å²) in [7, 11) is 0. The molecule has 1 aliphatic rings. The minimum Gasteiger partial charge on any atom is -0.483 e. The molecule has 0 saturated carbocycles. The van der Waals surface area contributed by atoms with E-state index in [0.29, 0.717) is 12.8 Å². The van der Waals surface area contributed by atoms with E-state index in [4.69, 9.17) is 9.47 Å². The highest BCUT2D eigenvalue weighted by molar-refractivity contribution is 5.97. The molecular weight excluding hydrogens is 334 g/mol. The minimum absolute atomic E-state index is 0.0366. The second-order valence-corrected chi connectivity index (χ2v) is 6.55. The highest BCUT2D eigenvalue weighted by atomic mass is 16.5. The van der Waals surface area contributed by atoms with Crippen LogP contribution in [-0.4, -0.2) is 35.3 Å². The monoisotopic (exact) mass is 357 g/mol. The molecule has 0 amide bonds. The van der Waals surface area contributed by atoms with E-state index in [1.54, 1.807) is 10.8 Å². The zero-order valence-electron chi connectivity index (χ0n) is 14.8. The Morgan fingerprint density at radius 2 is 2.00 bits per heavy atom. The van der Waals surface area contributed by atoms with Crippen molar-refractivity contribution in [2.24, 2.45) is 0 Å². The van der Waals surface area contributed by atoms with Crippen LogP contribution in [0.1, 0.15) is 35.8 Å². The molecule has 6 heteroatoms. The van der Waals surface area contributed by atoms with Crippen molar-refractivity contribution >= 4 is 5.78 Å². The highest BCUT2D eigenvalue weighted by Crippen LogP contribution is 2.30. The van der Waals surface area contributed by atoms with Gasteiger partial charge in [-0.05, 0) is 12.0 Å². The molecule has 0 bridgehead atoms. The van der Waals surface area contributed by atoms with Crippen molar-refractivity contribution in [3.8, 4) is 5.75 Å². The third kappa shape index (κ3) is 3.43. The molecule has 1 aliphatic heterocycles. The van der Waals surface area contributed by atoms with Gasteiger partial charge in [0.15, 0.2) is 11.5 Å². The van der Waals surface area contributed by atoms with E-state index in [0.717, 1.165) is 5.56 Å². The van der Waals surface area contributed by atoms with Crippen LogP contribution in [0, 0.1) is 0 Å². The molecule has 2 heterocycles. The third-order valence-corrected chi connectivity index (χ3v) is 4.57. The summed E-state index contributed by atoms with van der Waals surface area (Å²) < 4.78 is 12.7. The number of Topliss-reactive ketones (excluding diaryl/α,β-unsaturated/α-hetero) is 1. The van der Waals surface area contributed by atoms with Crippen molar-refractivity contribution in [1.82, 2.24) is 4.57 Å². The number of carbonyl (C=O) groups is 1. The molecule has 3 rings (SSSR count). The van der Waals surface area contributed by atoms with Crippen molar-refractivity contribution in [3.63, 3.8) is 0 Å². The van der Waals surface area contributed by atoms with Crippen LogP contribution in [0.2, 0.25) is 0 Å². The van der Waals surface area contributed by atoms with Crippen LogP contribution in [0.4, 0.5) is 0 Å². The van der Waals surface area contributed by atoms with E-state index in [1.807, 2.05) is 37.3 Å². The number of hydrogen-bond donors (Lipinski definition) is 1. The van der Waals surface area contributed by atoms with E-state index in [9.17, 15) is 14.7 Å². The molecule has 1 aromatic heterocycles. The van der Waals surface area contributed by atoms with Gasteiger partial charge >= 0.3 is 0 Å².